The van der Waals surface area contributed by atoms with Crippen LogP contribution in [0, 0.1) is 0 Å². The molecule has 0 saturated carbocycles. The zero-order valence-corrected chi connectivity index (χ0v) is 8.11. The van der Waals surface area contributed by atoms with Crippen LogP contribution in [-0.4, -0.2) is 25.3 Å². The van der Waals surface area contributed by atoms with Crippen molar-refractivity contribution >= 4 is 5.97 Å². The number of benzene rings is 1. The first-order valence-electron chi connectivity index (χ1n) is 4.09. The Morgan fingerprint density at radius 2 is 2.14 bits per heavy atom. The monoisotopic (exact) mass is 196 g/mol. The third-order valence-corrected chi connectivity index (χ3v) is 1.87. The summed E-state index contributed by atoms with van der Waals surface area (Å²) in [6.45, 7) is -0.173. The van der Waals surface area contributed by atoms with E-state index in [1.54, 1.807) is 18.2 Å². The fourth-order valence-electron chi connectivity index (χ4n) is 1.15. The van der Waals surface area contributed by atoms with E-state index in [1.807, 2.05) is 0 Å². The number of carbonyl (C=O) groups is 1. The van der Waals surface area contributed by atoms with E-state index in [2.05, 4.69) is 4.74 Å². The van der Waals surface area contributed by atoms with Gasteiger partial charge in [0.15, 0.2) is 0 Å². The van der Waals surface area contributed by atoms with E-state index in [1.165, 1.54) is 14.2 Å². The molecule has 0 bridgehead atoms. The first-order valence-corrected chi connectivity index (χ1v) is 4.09. The lowest BCUT2D eigenvalue weighted by molar-refractivity contribution is 0.0600. The van der Waals surface area contributed by atoms with Crippen LogP contribution >= 0.6 is 0 Å². The molecule has 1 rings (SSSR count). The van der Waals surface area contributed by atoms with Crippen molar-refractivity contribution in [3.8, 4) is 5.75 Å². The molecule has 4 heteroatoms. The van der Waals surface area contributed by atoms with Crippen molar-refractivity contribution in [3.63, 3.8) is 0 Å². The second-order valence-electron chi connectivity index (χ2n) is 2.68. The highest BCUT2D eigenvalue weighted by atomic mass is 16.5. The van der Waals surface area contributed by atoms with Crippen molar-refractivity contribution in [3.05, 3.63) is 29.3 Å². The quantitative estimate of drug-likeness (QED) is 0.732. The van der Waals surface area contributed by atoms with Gasteiger partial charge in [-0.2, -0.15) is 0 Å². The molecule has 0 heterocycles. The molecule has 14 heavy (non-hydrogen) atoms. The van der Waals surface area contributed by atoms with Crippen LogP contribution in [0.1, 0.15) is 15.9 Å². The largest absolute Gasteiger partial charge is 0.496 e. The Balaban J connectivity index is 3.07. The average Bonchev–Trinajstić information content (AvgIpc) is 2.26. The van der Waals surface area contributed by atoms with Crippen LogP contribution in [0.5, 0.6) is 5.75 Å². The molecule has 0 unspecified atom stereocenters. The second kappa shape index (κ2) is 4.62. The van der Waals surface area contributed by atoms with Gasteiger partial charge in [-0.15, -0.1) is 0 Å². The fraction of sp³-hybridized carbons (Fsp3) is 0.300. The van der Waals surface area contributed by atoms with Gasteiger partial charge < -0.3 is 14.6 Å². The molecule has 0 radical (unpaired) electrons. The van der Waals surface area contributed by atoms with Crippen molar-refractivity contribution in [1.82, 2.24) is 0 Å². The minimum Gasteiger partial charge on any atom is -0.496 e. The zero-order chi connectivity index (χ0) is 10.6. The average molecular weight is 196 g/mol. The Bertz CT molecular complexity index is 333. The van der Waals surface area contributed by atoms with E-state index in [0.717, 1.165) is 0 Å². The van der Waals surface area contributed by atoms with Gasteiger partial charge in [0.1, 0.15) is 5.75 Å². The summed E-state index contributed by atoms with van der Waals surface area (Å²) in [4.78, 5) is 11.1. The Morgan fingerprint density at radius 1 is 1.43 bits per heavy atom. The smallest absolute Gasteiger partial charge is 0.337 e. The second-order valence-corrected chi connectivity index (χ2v) is 2.68. The fourth-order valence-corrected chi connectivity index (χ4v) is 1.15. The van der Waals surface area contributed by atoms with Crippen LogP contribution in [0.15, 0.2) is 18.2 Å². The maximum atomic E-state index is 11.1. The Hall–Kier alpha value is -1.55. The van der Waals surface area contributed by atoms with Crippen LogP contribution in [0.3, 0.4) is 0 Å². The molecule has 0 saturated heterocycles. The first kappa shape index (κ1) is 10.5. The molecule has 0 spiro atoms. The number of aliphatic hydroxyl groups excluding tert-OH is 1. The number of ether oxygens (including phenoxy) is 2. The topological polar surface area (TPSA) is 55.8 Å². The van der Waals surface area contributed by atoms with Gasteiger partial charge in [-0.3, -0.25) is 0 Å². The number of hydrogen-bond donors (Lipinski definition) is 1. The van der Waals surface area contributed by atoms with Crippen molar-refractivity contribution in [2.45, 2.75) is 6.61 Å². The van der Waals surface area contributed by atoms with Gasteiger partial charge in [-0.1, -0.05) is 0 Å². The molecule has 0 fully saturated rings. The predicted molar refractivity (Wildman–Crippen MR) is 50.3 cm³/mol. The van der Waals surface area contributed by atoms with Crippen LogP contribution in [0.4, 0.5) is 0 Å². The number of hydrogen-bond acceptors (Lipinski definition) is 4. The maximum absolute atomic E-state index is 11.1. The van der Waals surface area contributed by atoms with E-state index in [-0.39, 0.29) is 6.61 Å². The number of aliphatic hydroxyl groups is 1. The summed E-state index contributed by atoms with van der Waals surface area (Å²) >= 11 is 0. The molecule has 0 aliphatic rings. The summed E-state index contributed by atoms with van der Waals surface area (Å²) in [5.41, 5.74) is 0.966. The zero-order valence-electron chi connectivity index (χ0n) is 8.11. The normalized spacial score (nSPS) is 9.64. The molecule has 0 aromatic heterocycles. The van der Waals surface area contributed by atoms with Crippen molar-refractivity contribution in [2.24, 2.45) is 0 Å². The summed E-state index contributed by atoms with van der Waals surface area (Å²) in [5.74, 6) is 0.127. The lowest BCUT2D eigenvalue weighted by Gasteiger charge is -2.07. The van der Waals surface area contributed by atoms with E-state index in [9.17, 15) is 4.79 Å². The maximum Gasteiger partial charge on any atom is 0.337 e. The predicted octanol–water partition coefficient (Wildman–Crippen LogP) is 0.974. The molecule has 0 aliphatic carbocycles. The number of methoxy groups -OCH3 is 2. The molecule has 0 aliphatic heterocycles. The molecule has 0 amide bonds. The molecule has 76 valence electrons. The highest BCUT2D eigenvalue weighted by Gasteiger charge is 2.09. The Labute approximate surface area is 82.1 Å². The van der Waals surface area contributed by atoms with Crippen LogP contribution < -0.4 is 4.74 Å². The van der Waals surface area contributed by atoms with Crippen molar-refractivity contribution in [1.29, 1.82) is 0 Å². The number of esters is 1. The van der Waals surface area contributed by atoms with Gasteiger partial charge in [0.25, 0.3) is 0 Å². The van der Waals surface area contributed by atoms with Gasteiger partial charge >= 0.3 is 5.97 Å². The van der Waals surface area contributed by atoms with Crippen LogP contribution in [0.2, 0.25) is 0 Å². The van der Waals surface area contributed by atoms with Crippen LogP contribution in [-0.2, 0) is 11.3 Å². The SMILES string of the molecule is COC(=O)c1ccc(OC)c(CO)c1. The number of rotatable bonds is 3. The van der Waals surface area contributed by atoms with Gasteiger partial charge in [-0.05, 0) is 18.2 Å². The lowest BCUT2D eigenvalue weighted by atomic mass is 10.1. The molecular weight excluding hydrogens is 184 g/mol. The summed E-state index contributed by atoms with van der Waals surface area (Å²) in [5, 5.41) is 9.00. The first-order chi connectivity index (χ1) is 6.72. The van der Waals surface area contributed by atoms with Crippen LogP contribution in [0.25, 0.3) is 0 Å². The van der Waals surface area contributed by atoms with Gasteiger partial charge in [0.2, 0.25) is 0 Å². The van der Waals surface area contributed by atoms with Crippen molar-refractivity contribution < 1.29 is 19.4 Å². The molecule has 4 nitrogen and oxygen atoms in total. The molecular formula is C10H12O4. The summed E-state index contributed by atoms with van der Waals surface area (Å²) in [6, 6.07) is 4.76. The minimum absolute atomic E-state index is 0.173. The summed E-state index contributed by atoms with van der Waals surface area (Å²) in [6.07, 6.45) is 0. The van der Waals surface area contributed by atoms with Gasteiger partial charge in [0.05, 0.1) is 26.4 Å². The Kier molecular flexibility index (Phi) is 3.48. The van der Waals surface area contributed by atoms with Crippen molar-refractivity contribution in [2.75, 3.05) is 14.2 Å². The Morgan fingerprint density at radius 3 is 2.64 bits per heavy atom. The lowest BCUT2D eigenvalue weighted by Crippen LogP contribution is -2.03. The van der Waals surface area contributed by atoms with Gasteiger partial charge in [0, 0.05) is 5.56 Å². The third kappa shape index (κ3) is 2.03. The van der Waals surface area contributed by atoms with E-state index in [4.69, 9.17) is 9.84 Å². The standard InChI is InChI=1S/C10H12O4/c1-13-9-4-3-7(10(12)14-2)5-8(9)6-11/h3-5,11H,6H2,1-2H3. The third-order valence-electron chi connectivity index (χ3n) is 1.87. The summed E-state index contributed by atoms with van der Waals surface area (Å²) in [7, 11) is 2.82. The van der Waals surface area contributed by atoms with E-state index >= 15 is 0 Å². The van der Waals surface area contributed by atoms with E-state index < -0.39 is 5.97 Å². The highest BCUT2D eigenvalue weighted by molar-refractivity contribution is 5.89. The molecule has 1 aromatic rings. The number of carbonyl (C=O) groups excluding carboxylic acids is 1. The molecule has 1 aromatic carbocycles. The highest BCUT2D eigenvalue weighted by Crippen LogP contribution is 2.19. The minimum atomic E-state index is -0.428. The molecule has 0 atom stereocenters. The van der Waals surface area contributed by atoms with E-state index in [0.29, 0.717) is 16.9 Å². The summed E-state index contributed by atoms with van der Waals surface area (Å²) < 4.78 is 9.54. The van der Waals surface area contributed by atoms with Gasteiger partial charge in [-0.25, -0.2) is 4.79 Å². The molecule has 1 N–H and O–H groups in total.